The summed E-state index contributed by atoms with van der Waals surface area (Å²) in [5, 5.41) is 34.2. The van der Waals surface area contributed by atoms with E-state index in [-0.39, 0.29) is 51.6 Å². The fourth-order valence-electron chi connectivity index (χ4n) is 11.1. The van der Waals surface area contributed by atoms with Crippen molar-refractivity contribution in [3.63, 3.8) is 0 Å². The summed E-state index contributed by atoms with van der Waals surface area (Å²) in [5.41, 5.74) is -0.0657. The van der Waals surface area contributed by atoms with Crippen molar-refractivity contribution in [2.75, 3.05) is 113 Å². The van der Waals surface area contributed by atoms with Crippen LogP contribution in [0.3, 0.4) is 0 Å². The van der Waals surface area contributed by atoms with Gasteiger partial charge in [-0.05, 0) is 94.6 Å². The molecule has 12 rings (SSSR count). The van der Waals surface area contributed by atoms with E-state index in [0.29, 0.717) is 33.6 Å². The van der Waals surface area contributed by atoms with Crippen molar-refractivity contribution in [3.8, 4) is 0 Å². The second-order valence-corrected chi connectivity index (χ2v) is 21.1. The number of hydrogen-bond donors (Lipinski definition) is 0. The smallest absolute Gasteiger partial charge is 0.545 e. The second-order valence-electron chi connectivity index (χ2n) is 21.1. The Morgan fingerprint density at radius 2 is 0.646 bits per heavy atom. The van der Waals surface area contributed by atoms with Crippen molar-refractivity contribution >= 4 is 67.7 Å². The molecule has 0 atom stereocenters. The number of hydrogen-bond acceptors (Lipinski definition) is 15. The van der Waals surface area contributed by atoms with Gasteiger partial charge in [-0.2, -0.15) is 0 Å². The molecule has 22 heteroatoms. The third-order valence-corrected chi connectivity index (χ3v) is 16.3. The maximum Gasteiger partial charge on any atom is 3.00 e. The number of anilines is 3. The third-order valence-electron chi connectivity index (χ3n) is 16.3. The number of halogens is 3. The van der Waals surface area contributed by atoms with Crippen molar-refractivity contribution < 1.29 is 60.2 Å². The van der Waals surface area contributed by atoms with Gasteiger partial charge in [0, 0.05) is 131 Å². The van der Waals surface area contributed by atoms with Gasteiger partial charge < -0.3 is 72.8 Å². The summed E-state index contributed by atoms with van der Waals surface area (Å²) in [5.74, 6) is -6.03. The molecule has 6 fully saturated rings. The first-order valence-corrected chi connectivity index (χ1v) is 27.2. The van der Waals surface area contributed by atoms with Gasteiger partial charge in [-0.25, -0.2) is 13.2 Å². The van der Waals surface area contributed by atoms with Crippen LogP contribution in [0.15, 0.2) is 69.4 Å². The van der Waals surface area contributed by atoms with Crippen LogP contribution in [-0.4, -0.2) is 144 Å². The molecule has 417 valence electrons. The Labute approximate surface area is 464 Å². The molecule has 1 radical (unpaired) electrons. The topological polar surface area (TPSA) is 206 Å². The van der Waals surface area contributed by atoms with Crippen molar-refractivity contribution in [1.29, 1.82) is 0 Å². The number of likely N-dealkylation sites (N-methyl/N-ethyl adjacent to an activating group) is 3. The summed E-state index contributed by atoms with van der Waals surface area (Å²) >= 11 is 0. The van der Waals surface area contributed by atoms with Gasteiger partial charge in [0.15, 0.2) is 16.3 Å². The van der Waals surface area contributed by atoms with Crippen molar-refractivity contribution in [3.05, 3.63) is 120 Å². The zero-order valence-electron chi connectivity index (χ0n) is 44.5. The molecule has 79 heavy (non-hydrogen) atoms. The summed E-state index contributed by atoms with van der Waals surface area (Å²) in [6.07, 6.45) is 9.60. The van der Waals surface area contributed by atoms with E-state index in [1.54, 1.807) is 31.9 Å². The quantitative estimate of drug-likeness (QED) is 0.173. The number of carbonyl (C=O) groups is 3. The third kappa shape index (κ3) is 11.8. The zero-order chi connectivity index (χ0) is 55.3. The van der Waals surface area contributed by atoms with Crippen LogP contribution in [0.4, 0.5) is 30.2 Å². The largest absolute Gasteiger partial charge is 3.00 e. The number of aromatic nitrogens is 3. The minimum Gasteiger partial charge on any atom is -0.545 e. The van der Waals surface area contributed by atoms with Gasteiger partial charge in [-0.15, -0.1) is 0 Å². The van der Waals surface area contributed by atoms with Crippen LogP contribution >= 0.6 is 0 Å². The van der Waals surface area contributed by atoms with Gasteiger partial charge in [0.1, 0.15) is 17.5 Å². The Balaban J connectivity index is 0.000000143. The monoisotopic (exact) mass is 1130 g/mol. The molecular weight excluding hydrogens is 1060 g/mol. The predicted octanol–water partition coefficient (Wildman–Crippen LogP) is 2.94. The SMILES string of the molecule is CCN1CCN(c2cc3c(cc2F)c(=O)c(C(=O)[O-])cn3C2CC2)CC1.CCN1CCN(c2cc3c(cc2F)c(=O)c(C(=O)[O-])cn3C2CC2)CC1.CCN1CCN(c2cc3c(cc2F)c(=O)c(C(=O)[O-])cn3C2CC2)CC1.[Cr+3]. The number of nitrogens with zero attached hydrogens (tertiary/aromatic N) is 9. The van der Waals surface area contributed by atoms with E-state index in [1.807, 2.05) is 14.7 Å². The Bertz CT molecular complexity index is 3160. The number of fused-ring (bicyclic) bond motifs is 3. The fourth-order valence-corrected chi connectivity index (χ4v) is 11.1. The molecular formula is C57H63CrF3N9O9. The molecule has 6 aliphatic rings. The second kappa shape index (κ2) is 23.6. The van der Waals surface area contributed by atoms with Gasteiger partial charge in [0.25, 0.3) is 0 Å². The number of rotatable bonds is 12. The number of carboxylic acid groups (broad SMARTS) is 3. The molecule has 3 aromatic carbocycles. The average molecular weight is 1130 g/mol. The Morgan fingerprint density at radius 1 is 0.418 bits per heavy atom. The summed E-state index contributed by atoms with van der Waals surface area (Å²) in [6, 6.07) is 9.13. The van der Waals surface area contributed by atoms with Gasteiger partial charge in [-0.3, -0.25) is 14.4 Å². The van der Waals surface area contributed by atoms with Gasteiger partial charge in [0.05, 0.1) is 68.2 Å². The first-order chi connectivity index (χ1) is 37.5. The molecule has 0 amide bonds. The minimum atomic E-state index is -1.52. The molecule has 3 aliphatic carbocycles. The van der Waals surface area contributed by atoms with E-state index in [4.69, 9.17) is 0 Å². The van der Waals surface area contributed by atoms with E-state index in [2.05, 4.69) is 35.5 Å². The maximum atomic E-state index is 14.8. The average Bonchev–Trinajstić information content (AvgIpc) is 4.47. The van der Waals surface area contributed by atoms with Gasteiger partial charge >= 0.3 is 17.4 Å². The number of benzene rings is 3. The maximum absolute atomic E-state index is 14.8. The van der Waals surface area contributed by atoms with E-state index < -0.39 is 68.3 Å². The normalized spacial score (nSPS) is 18.2. The van der Waals surface area contributed by atoms with Crippen molar-refractivity contribution in [2.45, 2.75) is 77.4 Å². The Kier molecular flexibility index (Phi) is 17.0. The number of pyridine rings is 3. The molecule has 3 aromatic heterocycles. The Morgan fingerprint density at radius 3 is 0.835 bits per heavy atom. The van der Waals surface area contributed by atoms with Gasteiger partial charge in [-0.1, -0.05) is 20.8 Å². The zero-order valence-corrected chi connectivity index (χ0v) is 45.8. The van der Waals surface area contributed by atoms with Gasteiger partial charge in [0.2, 0.25) is 0 Å². The van der Waals surface area contributed by atoms with E-state index >= 15 is 0 Å². The molecule has 0 N–H and O–H groups in total. The predicted molar refractivity (Wildman–Crippen MR) is 285 cm³/mol. The van der Waals surface area contributed by atoms with Crippen LogP contribution < -0.4 is 46.3 Å². The summed E-state index contributed by atoms with van der Waals surface area (Å²) in [7, 11) is 0. The van der Waals surface area contributed by atoms with Crippen LogP contribution in [-0.2, 0) is 17.4 Å². The molecule has 6 aromatic rings. The molecule has 18 nitrogen and oxygen atoms in total. The molecule has 3 saturated heterocycles. The van der Waals surface area contributed by atoms with Crippen molar-refractivity contribution in [1.82, 2.24) is 28.4 Å². The number of carbonyl (C=O) groups excluding carboxylic acids is 3. The van der Waals surface area contributed by atoms with Crippen LogP contribution in [0.25, 0.3) is 32.7 Å². The molecule has 0 bridgehead atoms. The minimum absolute atomic E-state index is 0. The van der Waals surface area contributed by atoms with Crippen LogP contribution in [0.1, 0.15) is 108 Å². The van der Waals surface area contributed by atoms with Crippen molar-refractivity contribution in [2.24, 2.45) is 0 Å². The standard InChI is InChI=1S/3C19H22FN3O3.Cr/c3*1-2-21-5-7-22(8-6-21)17-10-16-13(9-15(17)20)18(24)14(19(25)26)11-23(16)12-3-4-12;/h3*9-12H,2-8H2,1H3,(H,25,26);/q;;;+3/p-3. The van der Waals surface area contributed by atoms with Crippen LogP contribution in [0.5, 0.6) is 0 Å². The summed E-state index contributed by atoms with van der Waals surface area (Å²) in [6.45, 7) is 18.8. The number of piperazine rings is 3. The first kappa shape index (κ1) is 57.0. The van der Waals surface area contributed by atoms with E-state index in [1.165, 1.54) is 36.8 Å². The Hall–Kier alpha value is -6.70. The van der Waals surface area contributed by atoms with E-state index in [9.17, 15) is 57.3 Å². The fraction of sp³-hybridized carbons (Fsp3) is 0.474. The summed E-state index contributed by atoms with van der Waals surface area (Å²) in [4.78, 5) is 84.2. The van der Waals surface area contributed by atoms with Crippen LogP contribution in [0, 0.1) is 17.5 Å². The molecule has 0 unspecified atom stereocenters. The molecule has 0 spiro atoms. The van der Waals surface area contributed by atoms with E-state index in [0.717, 1.165) is 137 Å². The molecule has 3 aliphatic heterocycles. The van der Waals surface area contributed by atoms with Crippen LogP contribution in [0.2, 0.25) is 0 Å². The molecule has 3 saturated carbocycles. The first-order valence-electron chi connectivity index (χ1n) is 27.2. The molecule has 6 heterocycles. The number of aromatic carboxylic acids is 3. The summed E-state index contributed by atoms with van der Waals surface area (Å²) < 4.78 is 49.7. The number of carboxylic acids is 3.